The van der Waals surface area contributed by atoms with Crippen molar-refractivity contribution < 1.29 is 19.1 Å². The Hall–Kier alpha value is -1.62. The fourth-order valence-electron chi connectivity index (χ4n) is 2.31. The largest absolute Gasteiger partial charge is 0.468 e. The van der Waals surface area contributed by atoms with Crippen LogP contribution in [0.5, 0.6) is 0 Å². The van der Waals surface area contributed by atoms with Crippen LogP contribution >= 0.6 is 0 Å². The molecule has 0 bridgehead atoms. The van der Waals surface area contributed by atoms with E-state index in [0.717, 1.165) is 10.8 Å². The van der Waals surface area contributed by atoms with Gasteiger partial charge in [-0.15, -0.1) is 0 Å². The monoisotopic (exact) mass is 322 g/mol. The molecule has 22 heavy (non-hydrogen) atoms. The summed E-state index contributed by atoms with van der Waals surface area (Å²) in [7, 11) is -0.392. The van der Waals surface area contributed by atoms with Crippen molar-refractivity contribution in [2.24, 2.45) is 0 Å². The van der Waals surface area contributed by atoms with Gasteiger partial charge in [-0.1, -0.05) is 31.8 Å². The minimum Gasteiger partial charge on any atom is -0.468 e. The van der Waals surface area contributed by atoms with E-state index in [1.807, 2.05) is 26.0 Å². The van der Waals surface area contributed by atoms with Crippen molar-refractivity contribution in [3.63, 3.8) is 0 Å². The van der Waals surface area contributed by atoms with Gasteiger partial charge in [0.1, 0.15) is 0 Å². The molecule has 0 aliphatic rings. The molecule has 0 fully saturated rings. The van der Waals surface area contributed by atoms with E-state index in [0.29, 0.717) is 12.2 Å². The minimum atomic E-state index is -1.78. The summed E-state index contributed by atoms with van der Waals surface area (Å²) < 4.78 is 10.0. The predicted molar refractivity (Wildman–Crippen MR) is 90.4 cm³/mol. The van der Waals surface area contributed by atoms with E-state index in [2.05, 4.69) is 19.6 Å². The Morgan fingerprint density at radius 1 is 1.18 bits per heavy atom. The van der Waals surface area contributed by atoms with Crippen molar-refractivity contribution in [3.05, 3.63) is 29.3 Å². The third-order valence-electron chi connectivity index (χ3n) is 3.74. The number of methoxy groups -OCH3 is 1. The Morgan fingerprint density at radius 2 is 1.77 bits per heavy atom. The van der Waals surface area contributed by atoms with E-state index in [1.165, 1.54) is 7.11 Å². The molecule has 4 nitrogen and oxygen atoms in total. The smallest absolute Gasteiger partial charge is 0.337 e. The summed E-state index contributed by atoms with van der Waals surface area (Å²) in [6.07, 6.45) is 0. The van der Waals surface area contributed by atoms with Crippen LogP contribution < -0.4 is 5.19 Å². The minimum absolute atomic E-state index is 0.294. The van der Waals surface area contributed by atoms with Crippen molar-refractivity contribution in [2.75, 3.05) is 13.7 Å². The molecule has 0 aliphatic carbocycles. The number of rotatable bonds is 5. The lowest BCUT2D eigenvalue weighted by atomic mass is 9.84. The third kappa shape index (κ3) is 3.77. The molecule has 0 aromatic heterocycles. The highest BCUT2D eigenvalue weighted by Crippen LogP contribution is 2.25. The Kier molecular flexibility index (Phi) is 5.57. The van der Waals surface area contributed by atoms with Gasteiger partial charge in [-0.05, 0) is 37.6 Å². The number of carbonyl (C=O) groups is 2. The second-order valence-corrected chi connectivity index (χ2v) is 11.9. The zero-order valence-corrected chi connectivity index (χ0v) is 15.6. The molecule has 0 heterocycles. The highest BCUT2D eigenvalue weighted by Gasteiger charge is 2.33. The van der Waals surface area contributed by atoms with Gasteiger partial charge in [0, 0.05) is 0 Å². The summed E-state index contributed by atoms with van der Waals surface area (Å²) in [6, 6.07) is 5.55. The Morgan fingerprint density at radius 3 is 2.23 bits per heavy atom. The molecule has 0 spiro atoms. The van der Waals surface area contributed by atoms with Crippen molar-refractivity contribution >= 4 is 25.2 Å². The zero-order valence-electron chi connectivity index (χ0n) is 14.6. The number of hydrogen-bond acceptors (Lipinski definition) is 4. The molecular weight excluding hydrogens is 296 g/mol. The van der Waals surface area contributed by atoms with Crippen LogP contribution in [0, 0.1) is 0 Å². The van der Waals surface area contributed by atoms with Crippen LogP contribution in [0.25, 0.3) is 0 Å². The molecule has 0 aliphatic heterocycles. The average molecular weight is 322 g/mol. The molecule has 0 unspecified atom stereocenters. The van der Waals surface area contributed by atoms with E-state index in [9.17, 15) is 9.59 Å². The van der Waals surface area contributed by atoms with Crippen LogP contribution in [0.2, 0.25) is 19.6 Å². The quantitative estimate of drug-likeness (QED) is 0.618. The van der Waals surface area contributed by atoms with Gasteiger partial charge in [0.2, 0.25) is 0 Å². The molecule has 1 aromatic rings. The van der Waals surface area contributed by atoms with E-state index < -0.39 is 13.5 Å². The topological polar surface area (TPSA) is 52.6 Å². The second-order valence-electron chi connectivity index (χ2n) is 6.85. The maximum Gasteiger partial charge on any atom is 0.337 e. The van der Waals surface area contributed by atoms with Crippen LogP contribution in [0.4, 0.5) is 0 Å². The second kappa shape index (κ2) is 6.65. The lowest BCUT2D eigenvalue weighted by molar-refractivity contribution is -0.146. The third-order valence-corrected chi connectivity index (χ3v) is 5.77. The molecule has 5 heteroatoms. The summed E-state index contributed by atoms with van der Waals surface area (Å²) in [5, 5.41) is 1.00. The van der Waals surface area contributed by atoms with Crippen LogP contribution in [0.3, 0.4) is 0 Å². The Bertz CT molecular complexity index is 571. The first-order valence-corrected chi connectivity index (χ1v) is 11.0. The lowest BCUT2D eigenvalue weighted by Crippen LogP contribution is -2.43. The van der Waals surface area contributed by atoms with E-state index in [4.69, 9.17) is 9.47 Å². The van der Waals surface area contributed by atoms with Gasteiger partial charge >= 0.3 is 11.9 Å². The van der Waals surface area contributed by atoms with E-state index >= 15 is 0 Å². The molecular formula is C17H26O4Si. The van der Waals surface area contributed by atoms with Gasteiger partial charge in [-0.2, -0.15) is 0 Å². The molecule has 1 rings (SSSR count). The number of hydrogen-bond donors (Lipinski definition) is 0. The Labute approximate surface area is 133 Å². The van der Waals surface area contributed by atoms with Crippen molar-refractivity contribution in [2.45, 2.75) is 45.8 Å². The van der Waals surface area contributed by atoms with Crippen LogP contribution in [-0.2, 0) is 19.7 Å². The highest BCUT2D eigenvalue weighted by atomic mass is 28.3. The molecule has 0 saturated heterocycles. The first-order valence-electron chi connectivity index (χ1n) is 7.46. The highest BCUT2D eigenvalue weighted by molar-refractivity contribution is 6.89. The summed E-state index contributed by atoms with van der Waals surface area (Å²) in [6.45, 7) is 12.3. The number of benzene rings is 1. The standard InChI is InChI=1S/C17H26O4Si/c1-8-21-15(18)13-10-9-12(11-14(13)22(5,6)7)17(2,3)16(19)20-4/h9-11H,8H2,1-7H3. The first kappa shape index (κ1) is 18.4. The molecule has 1 aromatic carbocycles. The zero-order chi connectivity index (χ0) is 17.1. The number of ether oxygens (including phenoxy) is 2. The maximum atomic E-state index is 12.2. The normalized spacial score (nSPS) is 12.0. The van der Waals surface area contributed by atoms with Crippen LogP contribution in [-0.4, -0.2) is 33.7 Å². The summed E-state index contributed by atoms with van der Waals surface area (Å²) in [4.78, 5) is 24.2. The van der Waals surface area contributed by atoms with Crippen molar-refractivity contribution in [3.8, 4) is 0 Å². The van der Waals surface area contributed by atoms with Crippen LogP contribution in [0.1, 0.15) is 36.7 Å². The van der Waals surface area contributed by atoms with Gasteiger partial charge in [-0.3, -0.25) is 4.79 Å². The van der Waals surface area contributed by atoms with Gasteiger partial charge in [0.05, 0.1) is 32.8 Å². The molecule has 0 amide bonds. The van der Waals surface area contributed by atoms with Gasteiger partial charge in [0.15, 0.2) is 0 Å². The van der Waals surface area contributed by atoms with Gasteiger partial charge in [-0.25, -0.2) is 4.79 Å². The number of carbonyl (C=O) groups excluding carboxylic acids is 2. The van der Waals surface area contributed by atoms with Crippen molar-refractivity contribution in [1.29, 1.82) is 0 Å². The van der Waals surface area contributed by atoms with Gasteiger partial charge < -0.3 is 9.47 Å². The molecule has 0 radical (unpaired) electrons. The molecule has 0 saturated carbocycles. The fourth-order valence-corrected chi connectivity index (χ4v) is 3.90. The Balaban J connectivity index is 3.45. The maximum absolute atomic E-state index is 12.2. The summed E-state index contributed by atoms with van der Waals surface area (Å²) in [5.74, 6) is -0.597. The van der Waals surface area contributed by atoms with E-state index in [1.54, 1.807) is 13.0 Å². The lowest BCUT2D eigenvalue weighted by Gasteiger charge is -2.26. The number of esters is 2. The fraction of sp³-hybridized carbons (Fsp3) is 0.529. The summed E-state index contributed by atoms with van der Waals surface area (Å²) in [5.41, 5.74) is 0.700. The summed E-state index contributed by atoms with van der Waals surface area (Å²) >= 11 is 0. The molecule has 122 valence electrons. The van der Waals surface area contributed by atoms with Crippen LogP contribution in [0.15, 0.2) is 18.2 Å². The van der Waals surface area contributed by atoms with E-state index in [-0.39, 0.29) is 11.9 Å². The average Bonchev–Trinajstić information content (AvgIpc) is 2.44. The SMILES string of the molecule is CCOC(=O)c1ccc(C(C)(C)C(=O)OC)cc1[Si](C)(C)C. The predicted octanol–water partition coefficient (Wildman–Crippen LogP) is 2.86. The first-order chi connectivity index (χ1) is 10.1. The molecule has 0 N–H and O–H groups in total. The molecule has 0 atom stereocenters. The van der Waals surface area contributed by atoms with Crippen molar-refractivity contribution in [1.82, 2.24) is 0 Å². The van der Waals surface area contributed by atoms with Gasteiger partial charge in [0.25, 0.3) is 0 Å².